The van der Waals surface area contributed by atoms with Crippen LogP contribution >= 0.6 is 0 Å². The Bertz CT molecular complexity index is 1050. The van der Waals surface area contributed by atoms with Gasteiger partial charge in [0.05, 0.1) is 17.5 Å². The number of rotatable bonds is 8. The standard InChI is InChI=1S/C21H21FN6/c22-16-5-3-4-15(12-16)8-10-25-21-27-19-7-2-1-6-18(19)20(28-21)24-11-9-17-13-23-14-26-17/h1-7,12-14H,8-11H2,(H,23,26)(H2,24,25,27,28). The molecule has 0 aliphatic carbocycles. The molecule has 4 aromatic rings. The van der Waals surface area contributed by atoms with Crippen molar-refractivity contribution in [3.63, 3.8) is 0 Å². The van der Waals surface area contributed by atoms with E-state index in [1.807, 2.05) is 36.5 Å². The van der Waals surface area contributed by atoms with Crippen LogP contribution in [0.15, 0.2) is 61.1 Å². The lowest BCUT2D eigenvalue weighted by Crippen LogP contribution is -2.12. The Kier molecular flexibility index (Phi) is 5.42. The molecule has 0 amide bonds. The van der Waals surface area contributed by atoms with E-state index in [-0.39, 0.29) is 5.82 Å². The fourth-order valence-corrected chi connectivity index (χ4v) is 3.04. The highest BCUT2D eigenvalue weighted by molar-refractivity contribution is 5.90. The summed E-state index contributed by atoms with van der Waals surface area (Å²) < 4.78 is 13.3. The summed E-state index contributed by atoms with van der Waals surface area (Å²) >= 11 is 0. The van der Waals surface area contributed by atoms with Crippen molar-refractivity contribution in [3.05, 3.63) is 78.1 Å². The Labute approximate surface area is 162 Å². The first-order valence-electron chi connectivity index (χ1n) is 9.24. The normalized spacial score (nSPS) is 10.9. The Morgan fingerprint density at radius 1 is 0.929 bits per heavy atom. The summed E-state index contributed by atoms with van der Waals surface area (Å²) in [5, 5.41) is 7.61. The second kappa shape index (κ2) is 8.47. The zero-order valence-electron chi connectivity index (χ0n) is 15.3. The van der Waals surface area contributed by atoms with Gasteiger partial charge in [0.2, 0.25) is 5.95 Å². The molecule has 0 spiro atoms. The summed E-state index contributed by atoms with van der Waals surface area (Å²) in [4.78, 5) is 16.4. The van der Waals surface area contributed by atoms with Crippen molar-refractivity contribution >= 4 is 22.7 Å². The molecule has 2 aromatic heterocycles. The molecule has 0 bridgehead atoms. The minimum atomic E-state index is -0.220. The molecule has 7 heteroatoms. The van der Waals surface area contributed by atoms with Crippen LogP contribution in [-0.2, 0) is 12.8 Å². The maximum absolute atomic E-state index is 13.3. The fraction of sp³-hybridized carbons (Fsp3) is 0.190. The molecule has 0 atom stereocenters. The van der Waals surface area contributed by atoms with E-state index in [9.17, 15) is 4.39 Å². The van der Waals surface area contributed by atoms with Gasteiger partial charge in [0.25, 0.3) is 0 Å². The van der Waals surface area contributed by atoms with Crippen LogP contribution in [0.3, 0.4) is 0 Å². The highest BCUT2D eigenvalue weighted by Gasteiger charge is 2.07. The summed E-state index contributed by atoms with van der Waals surface area (Å²) in [6.07, 6.45) is 5.05. The van der Waals surface area contributed by atoms with Gasteiger partial charge in [0.15, 0.2) is 0 Å². The molecule has 0 saturated heterocycles. The Hall–Kier alpha value is -3.48. The van der Waals surface area contributed by atoms with Crippen LogP contribution in [0, 0.1) is 5.82 Å². The minimum Gasteiger partial charge on any atom is -0.369 e. The number of hydrogen-bond acceptors (Lipinski definition) is 5. The Morgan fingerprint density at radius 3 is 2.68 bits per heavy atom. The third-order valence-electron chi connectivity index (χ3n) is 4.42. The molecule has 0 aliphatic heterocycles. The highest BCUT2D eigenvalue weighted by atomic mass is 19.1. The van der Waals surface area contributed by atoms with Crippen LogP contribution in [-0.4, -0.2) is 33.0 Å². The lowest BCUT2D eigenvalue weighted by atomic mass is 10.1. The molecule has 0 fully saturated rings. The van der Waals surface area contributed by atoms with Crippen LogP contribution in [0.1, 0.15) is 11.3 Å². The van der Waals surface area contributed by atoms with Gasteiger partial charge in [-0.3, -0.25) is 0 Å². The van der Waals surface area contributed by atoms with Crippen LogP contribution in [0.5, 0.6) is 0 Å². The van der Waals surface area contributed by atoms with Crippen molar-refractivity contribution in [3.8, 4) is 0 Å². The number of halogens is 1. The number of H-pyrrole nitrogens is 1. The monoisotopic (exact) mass is 376 g/mol. The van der Waals surface area contributed by atoms with Gasteiger partial charge in [-0.15, -0.1) is 0 Å². The maximum Gasteiger partial charge on any atom is 0.225 e. The predicted molar refractivity (Wildman–Crippen MR) is 109 cm³/mol. The Balaban J connectivity index is 1.45. The maximum atomic E-state index is 13.3. The number of anilines is 2. The van der Waals surface area contributed by atoms with Gasteiger partial charge >= 0.3 is 0 Å². The number of hydrogen-bond donors (Lipinski definition) is 3. The first-order valence-corrected chi connectivity index (χ1v) is 9.24. The SMILES string of the molecule is Fc1cccc(CCNc2nc(NCCc3c[nH]cn3)c3ccccc3n2)c1. The largest absolute Gasteiger partial charge is 0.369 e. The van der Waals surface area contributed by atoms with Gasteiger partial charge in [0, 0.05) is 31.1 Å². The number of aromatic nitrogens is 4. The Morgan fingerprint density at radius 2 is 1.82 bits per heavy atom. The van der Waals surface area contributed by atoms with Crippen LogP contribution in [0.2, 0.25) is 0 Å². The van der Waals surface area contributed by atoms with Gasteiger partial charge < -0.3 is 15.6 Å². The zero-order chi connectivity index (χ0) is 19.2. The van der Waals surface area contributed by atoms with E-state index in [2.05, 4.69) is 30.6 Å². The van der Waals surface area contributed by atoms with Crippen molar-refractivity contribution in [1.82, 2.24) is 19.9 Å². The van der Waals surface area contributed by atoms with Crippen molar-refractivity contribution in [1.29, 1.82) is 0 Å². The second-order valence-corrected chi connectivity index (χ2v) is 6.46. The molecule has 0 saturated carbocycles. The molecule has 0 radical (unpaired) electrons. The number of para-hydroxylation sites is 1. The molecule has 6 nitrogen and oxygen atoms in total. The van der Waals surface area contributed by atoms with Crippen molar-refractivity contribution < 1.29 is 4.39 Å². The summed E-state index contributed by atoms with van der Waals surface area (Å²) in [6.45, 7) is 1.34. The summed E-state index contributed by atoms with van der Waals surface area (Å²) in [7, 11) is 0. The van der Waals surface area contributed by atoms with Gasteiger partial charge in [-0.2, -0.15) is 4.98 Å². The van der Waals surface area contributed by atoms with E-state index in [1.165, 1.54) is 6.07 Å². The number of nitrogens with one attached hydrogen (secondary N) is 3. The quantitative estimate of drug-likeness (QED) is 0.436. The van der Waals surface area contributed by atoms with E-state index in [1.54, 1.807) is 18.5 Å². The average Bonchev–Trinajstić information content (AvgIpc) is 3.22. The van der Waals surface area contributed by atoms with Gasteiger partial charge in [-0.25, -0.2) is 14.4 Å². The van der Waals surface area contributed by atoms with Crippen LogP contribution in [0.25, 0.3) is 10.9 Å². The number of aromatic amines is 1. The van der Waals surface area contributed by atoms with Gasteiger partial charge in [-0.05, 0) is 36.2 Å². The fourth-order valence-electron chi connectivity index (χ4n) is 3.04. The van der Waals surface area contributed by atoms with E-state index in [4.69, 9.17) is 0 Å². The zero-order valence-corrected chi connectivity index (χ0v) is 15.3. The first kappa shape index (κ1) is 17.9. The third kappa shape index (κ3) is 4.43. The molecular weight excluding hydrogens is 355 g/mol. The number of fused-ring (bicyclic) bond motifs is 1. The molecule has 2 aromatic carbocycles. The third-order valence-corrected chi connectivity index (χ3v) is 4.42. The minimum absolute atomic E-state index is 0.220. The molecule has 3 N–H and O–H groups in total. The topological polar surface area (TPSA) is 78.5 Å². The van der Waals surface area contributed by atoms with Crippen molar-refractivity contribution in [2.45, 2.75) is 12.8 Å². The molecule has 4 rings (SSSR count). The summed E-state index contributed by atoms with van der Waals surface area (Å²) in [5.41, 5.74) is 2.80. The second-order valence-electron chi connectivity index (χ2n) is 6.46. The lowest BCUT2D eigenvalue weighted by Gasteiger charge is -2.11. The predicted octanol–water partition coefficient (Wildman–Crippen LogP) is 3.80. The van der Waals surface area contributed by atoms with E-state index in [0.29, 0.717) is 25.5 Å². The van der Waals surface area contributed by atoms with Crippen molar-refractivity contribution in [2.75, 3.05) is 23.7 Å². The molecular formula is C21H21FN6. The smallest absolute Gasteiger partial charge is 0.225 e. The molecule has 142 valence electrons. The van der Waals surface area contributed by atoms with Crippen molar-refractivity contribution in [2.24, 2.45) is 0 Å². The van der Waals surface area contributed by atoms with Gasteiger partial charge in [-0.1, -0.05) is 24.3 Å². The molecule has 0 aliphatic rings. The highest BCUT2D eigenvalue weighted by Crippen LogP contribution is 2.21. The van der Waals surface area contributed by atoms with E-state index >= 15 is 0 Å². The van der Waals surface area contributed by atoms with E-state index < -0.39 is 0 Å². The number of imidazole rings is 1. The molecule has 28 heavy (non-hydrogen) atoms. The van der Waals surface area contributed by atoms with Crippen LogP contribution in [0.4, 0.5) is 16.2 Å². The van der Waals surface area contributed by atoms with Crippen LogP contribution < -0.4 is 10.6 Å². The van der Waals surface area contributed by atoms with Gasteiger partial charge in [0.1, 0.15) is 11.6 Å². The average molecular weight is 376 g/mol. The number of benzene rings is 2. The summed E-state index contributed by atoms with van der Waals surface area (Å²) in [6, 6.07) is 14.5. The molecule has 2 heterocycles. The first-order chi connectivity index (χ1) is 13.8. The van der Waals surface area contributed by atoms with E-state index in [0.717, 1.165) is 34.4 Å². The number of nitrogens with zero attached hydrogens (tertiary/aromatic N) is 3. The lowest BCUT2D eigenvalue weighted by molar-refractivity contribution is 0.625. The summed E-state index contributed by atoms with van der Waals surface area (Å²) in [5.74, 6) is 1.12. The molecule has 0 unspecified atom stereocenters.